The Morgan fingerprint density at radius 2 is 1.75 bits per heavy atom. The summed E-state index contributed by atoms with van der Waals surface area (Å²) in [6.45, 7) is 1.98. The third kappa shape index (κ3) is 5.21. The highest BCUT2D eigenvalue weighted by atomic mass is 32.2. The molecule has 1 aliphatic carbocycles. The van der Waals surface area contributed by atoms with E-state index in [9.17, 15) is 14.4 Å². The molecule has 2 amide bonds. The largest absolute Gasteiger partial charge is 0.351 e. The number of carbonyl (C=O) groups is 3. The first-order valence-corrected chi connectivity index (χ1v) is 12.3. The summed E-state index contributed by atoms with van der Waals surface area (Å²) in [6, 6.07) is 10.5. The molecule has 0 spiro atoms. The lowest BCUT2D eigenvalue weighted by Crippen LogP contribution is -2.49. The van der Waals surface area contributed by atoms with Crippen LogP contribution in [0, 0.1) is 12.8 Å². The highest BCUT2D eigenvalue weighted by molar-refractivity contribution is 8.14. The Morgan fingerprint density at radius 1 is 1.06 bits per heavy atom. The summed E-state index contributed by atoms with van der Waals surface area (Å²) in [7, 11) is 0. The fourth-order valence-corrected chi connectivity index (χ4v) is 5.43. The van der Waals surface area contributed by atoms with Crippen LogP contribution >= 0.6 is 11.8 Å². The van der Waals surface area contributed by atoms with Crippen LogP contribution in [0.15, 0.2) is 48.8 Å². The van der Waals surface area contributed by atoms with E-state index >= 15 is 0 Å². The monoisotopic (exact) mass is 451 g/mol. The Morgan fingerprint density at radius 3 is 2.38 bits per heavy atom. The maximum atomic E-state index is 13.8. The van der Waals surface area contributed by atoms with Crippen molar-refractivity contribution >= 4 is 34.4 Å². The van der Waals surface area contributed by atoms with Crippen molar-refractivity contribution in [1.29, 1.82) is 0 Å². The van der Waals surface area contributed by atoms with Crippen LogP contribution < -0.4 is 10.2 Å². The summed E-state index contributed by atoms with van der Waals surface area (Å²) in [5, 5.41) is 3.24. The molecule has 1 aromatic heterocycles. The molecular weight excluding hydrogens is 422 g/mol. The maximum absolute atomic E-state index is 13.8. The van der Waals surface area contributed by atoms with Gasteiger partial charge in [0.25, 0.3) is 0 Å². The molecule has 6 nitrogen and oxygen atoms in total. The predicted octanol–water partition coefficient (Wildman–Crippen LogP) is 4.19. The van der Waals surface area contributed by atoms with Gasteiger partial charge in [-0.3, -0.25) is 24.3 Å². The number of benzene rings is 1. The number of nitrogens with zero attached hydrogens (tertiary/aromatic N) is 2. The van der Waals surface area contributed by atoms with E-state index in [2.05, 4.69) is 10.3 Å². The number of anilines is 1. The smallest absolute Gasteiger partial charge is 0.248 e. The van der Waals surface area contributed by atoms with E-state index in [-0.39, 0.29) is 29.4 Å². The molecule has 0 radical (unpaired) electrons. The van der Waals surface area contributed by atoms with Gasteiger partial charge in [-0.2, -0.15) is 0 Å². The van der Waals surface area contributed by atoms with Gasteiger partial charge in [0.15, 0.2) is 5.12 Å². The number of aromatic nitrogens is 1. The number of hydrogen-bond donors (Lipinski definition) is 1. The Kier molecular flexibility index (Phi) is 7.25. The van der Waals surface area contributed by atoms with Gasteiger partial charge in [0.2, 0.25) is 11.8 Å². The van der Waals surface area contributed by atoms with Crippen LogP contribution in [0.5, 0.6) is 0 Å². The van der Waals surface area contributed by atoms with Crippen LogP contribution in [0.25, 0.3) is 0 Å². The van der Waals surface area contributed by atoms with Gasteiger partial charge in [-0.05, 0) is 49.6 Å². The lowest BCUT2D eigenvalue weighted by Gasteiger charge is -2.34. The fraction of sp³-hybridized carbons (Fsp3) is 0.440. The molecule has 32 heavy (non-hydrogen) atoms. The van der Waals surface area contributed by atoms with E-state index in [0.717, 1.165) is 31.2 Å². The van der Waals surface area contributed by atoms with Gasteiger partial charge in [-0.25, -0.2) is 0 Å². The third-order valence-corrected chi connectivity index (χ3v) is 7.30. The number of thioether (sulfide) groups is 1. The van der Waals surface area contributed by atoms with Crippen LogP contribution in [0.3, 0.4) is 0 Å². The second kappa shape index (κ2) is 10.3. The van der Waals surface area contributed by atoms with E-state index in [0.29, 0.717) is 17.0 Å². The average molecular weight is 452 g/mol. The molecule has 2 unspecified atom stereocenters. The minimum absolute atomic E-state index is 0.0272. The number of aryl methyl sites for hydroxylation is 1. The van der Waals surface area contributed by atoms with E-state index in [1.807, 2.05) is 31.2 Å². The molecule has 4 rings (SSSR count). The molecule has 0 bridgehead atoms. The Balaban J connectivity index is 1.73. The zero-order valence-corrected chi connectivity index (χ0v) is 19.1. The van der Waals surface area contributed by atoms with Crippen molar-refractivity contribution in [3.63, 3.8) is 0 Å². The first-order chi connectivity index (χ1) is 15.5. The van der Waals surface area contributed by atoms with Gasteiger partial charge in [-0.1, -0.05) is 48.7 Å². The van der Waals surface area contributed by atoms with Crippen LogP contribution in [-0.4, -0.2) is 33.7 Å². The summed E-state index contributed by atoms with van der Waals surface area (Å²) in [5.74, 6) is -0.352. The highest BCUT2D eigenvalue weighted by Crippen LogP contribution is 2.34. The van der Waals surface area contributed by atoms with Crippen LogP contribution in [0.2, 0.25) is 0 Å². The molecule has 2 atom stereocenters. The Labute approximate surface area is 193 Å². The van der Waals surface area contributed by atoms with Crippen molar-refractivity contribution in [1.82, 2.24) is 10.3 Å². The third-order valence-electron chi connectivity index (χ3n) is 6.24. The molecule has 2 fully saturated rings. The SMILES string of the molecule is Cc1ccc(N(C(=O)C2CSC(=O)C2)C(C(=O)NC2CCCCC2)c2ccncc2)cc1. The van der Waals surface area contributed by atoms with Gasteiger partial charge >= 0.3 is 0 Å². The van der Waals surface area contributed by atoms with Gasteiger partial charge in [0, 0.05) is 36.3 Å². The predicted molar refractivity (Wildman–Crippen MR) is 126 cm³/mol. The first-order valence-electron chi connectivity index (χ1n) is 11.3. The Hall–Kier alpha value is -2.67. The first kappa shape index (κ1) is 22.5. The Bertz CT molecular complexity index is 958. The van der Waals surface area contributed by atoms with E-state index < -0.39 is 12.0 Å². The molecular formula is C25H29N3O3S. The van der Waals surface area contributed by atoms with Crippen molar-refractivity contribution in [2.75, 3.05) is 10.7 Å². The van der Waals surface area contributed by atoms with Crippen molar-refractivity contribution in [2.24, 2.45) is 5.92 Å². The number of hydrogen-bond acceptors (Lipinski definition) is 5. The van der Waals surface area contributed by atoms with E-state index in [1.165, 1.54) is 18.2 Å². The van der Waals surface area contributed by atoms with Gasteiger partial charge in [0.1, 0.15) is 6.04 Å². The summed E-state index contributed by atoms with van der Waals surface area (Å²) >= 11 is 1.20. The molecule has 1 N–H and O–H groups in total. The van der Waals surface area contributed by atoms with Crippen molar-refractivity contribution < 1.29 is 14.4 Å². The zero-order valence-electron chi connectivity index (χ0n) is 18.3. The summed E-state index contributed by atoms with van der Waals surface area (Å²) in [6.07, 6.45) is 8.81. The standard InChI is InChI=1S/C25H29N3O3S/c1-17-7-9-21(10-8-17)28(25(31)19-15-22(29)32-16-19)23(18-11-13-26-14-12-18)24(30)27-20-5-3-2-4-6-20/h7-14,19-20,23H,2-6,15-16H2,1H3,(H,27,30). The molecule has 1 aromatic carbocycles. The molecule has 7 heteroatoms. The fourth-order valence-electron chi connectivity index (χ4n) is 4.47. The van der Waals surface area contributed by atoms with E-state index in [4.69, 9.17) is 0 Å². The maximum Gasteiger partial charge on any atom is 0.248 e. The number of pyridine rings is 1. The lowest BCUT2D eigenvalue weighted by atomic mass is 9.94. The average Bonchev–Trinajstić information content (AvgIpc) is 3.25. The summed E-state index contributed by atoms with van der Waals surface area (Å²) in [5.41, 5.74) is 2.43. The molecule has 1 saturated heterocycles. The lowest BCUT2D eigenvalue weighted by molar-refractivity contribution is -0.129. The van der Waals surface area contributed by atoms with Crippen molar-refractivity contribution in [3.8, 4) is 0 Å². The number of amides is 2. The van der Waals surface area contributed by atoms with Gasteiger partial charge in [-0.15, -0.1) is 0 Å². The molecule has 1 saturated carbocycles. The van der Waals surface area contributed by atoms with Gasteiger partial charge < -0.3 is 5.32 Å². The topological polar surface area (TPSA) is 79.4 Å². The van der Waals surface area contributed by atoms with Crippen LogP contribution in [0.1, 0.15) is 55.7 Å². The summed E-state index contributed by atoms with van der Waals surface area (Å²) in [4.78, 5) is 45.0. The highest BCUT2D eigenvalue weighted by Gasteiger charge is 2.39. The van der Waals surface area contributed by atoms with Crippen molar-refractivity contribution in [3.05, 3.63) is 59.9 Å². The van der Waals surface area contributed by atoms with E-state index in [1.54, 1.807) is 29.4 Å². The second-order valence-corrected chi connectivity index (χ2v) is 9.73. The van der Waals surface area contributed by atoms with Gasteiger partial charge in [0.05, 0.1) is 5.92 Å². The van der Waals surface area contributed by atoms with Crippen LogP contribution in [-0.2, 0) is 14.4 Å². The molecule has 2 aliphatic rings. The normalized spacial score (nSPS) is 20.0. The summed E-state index contributed by atoms with van der Waals surface area (Å²) < 4.78 is 0. The number of nitrogens with one attached hydrogen (secondary N) is 1. The second-order valence-electron chi connectivity index (χ2n) is 8.65. The zero-order chi connectivity index (χ0) is 22.5. The number of rotatable bonds is 6. The minimum atomic E-state index is -0.823. The molecule has 168 valence electrons. The molecule has 2 aromatic rings. The molecule has 2 heterocycles. The quantitative estimate of drug-likeness (QED) is 0.712. The van der Waals surface area contributed by atoms with Crippen molar-refractivity contribution in [2.45, 2.75) is 57.5 Å². The minimum Gasteiger partial charge on any atom is -0.351 e. The van der Waals surface area contributed by atoms with Crippen LogP contribution in [0.4, 0.5) is 5.69 Å². The number of carbonyl (C=O) groups excluding carboxylic acids is 3. The molecule has 1 aliphatic heterocycles.